The van der Waals surface area contributed by atoms with E-state index in [2.05, 4.69) is 0 Å². The van der Waals surface area contributed by atoms with Crippen LogP contribution in [0.25, 0.3) is 0 Å². The summed E-state index contributed by atoms with van der Waals surface area (Å²) in [5, 5.41) is 9.16. The minimum atomic E-state index is -0.730. The lowest BCUT2D eigenvalue weighted by Gasteiger charge is -2.34. The van der Waals surface area contributed by atoms with Crippen LogP contribution in [0.4, 0.5) is 0 Å². The van der Waals surface area contributed by atoms with Gasteiger partial charge in [-0.2, -0.15) is 0 Å². The Morgan fingerprint density at radius 3 is 2.05 bits per heavy atom. The number of carbonyl (C=O) groups is 2. The Hall–Kier alpha value is -1.06. The van der Waals surface area contributed by atoms with Gasteiger partial charge in [0.05, 0.1) is 5.92 Å². The molecule has 0 aromatic rings. The van der Waals surface area contributed by atoms with Crippen molar-refractivity contribution in [2.45, 2.75) is 57.4 Å². The molecule has 3 aliphatic carbocycles. The van der Waals surface area contributed by atoms with Gasteiger partial charge in [0.2, 0.25) is 5.91 Å². The molecule has 0 heterocycles. The fraction of sp³-hybridized carbons (Fsp3) is 0.875. The summed E-state index contributed by atoms with van der Waals surface area (Å²) < 4.78 is 0. The normalized spacial score (nSPS) is 30.3. The molecule has 0 aromatic heterocycles. The number of nitrogens with zero attached hydrogens (tertiary/aromatic N) is 1. The summed E-state index contributed by atoms with van der Waals surface area (Å²) in [5.41, 5.74) is 0. The second-order valence-electron chi connectivity index (χ2n) is 7.01. The molecule has 1 N–H and O–H groups in total. The largest absolute Gasteiger partial charge is 0.481 e. The average molecular weight is 279 g/mol. The van der Waals surface area contributed by atoms with E-state index in [1.807, 2.05) is 11.9 Å². The topological polar surface area (TPSA) is 57.6 Å². The van der Waals surface area contributed by atoms with Gasteiger partial charge in [0.15, 0.2) is 0 Å². The van der Waals surface area contributed by atoms with Crippen LogP contribution in [0.2, 0.25) is 0 Å². The maximum atomic E-state index is 12.7. The minimum Gasteiger partial charge on any atom is -0.481 e. The highest BCUT2D eigenvalue weighted by atomic mass is 16.4. The molecule has 2 atom stereocenters. The molecule has 4 nitrogen and oxygen atoms in total. The first kappa shape index (κ1) is 13.9. The van der Waals surface area contributed by atoms with Crippen LogP contribution in [0.1, 0.15) is 51.4 Å². The Kier molecular flexibility index (Phi) is 3.74. The van der Waals surface area contributed by atoms with Crippen LogP contribution in [0, 0.1) is 23.7 Å². The summed E-state index contributed by atoms with van der Waals surface area (Å²) in [6.45, 7) is 0. The lowest BCUT2D eigenvalue weighted by Crippen LogP contribution is -2.44. The molecule has 0 saturated heterocycles. The van der Waals surface area contributed by atoms with Crippen molar-refractivity contribution in [3.8, 4) is 0 Å². The molecule has 112 valence electrons. The van der Waals surface area contributed by atoms with Gasteiger partial charge in [-0.15, -0.1) is 0 Å². The number of aliphatic carboxylic acids is 1. The van der Waals surface area contributed by atoms with E-state index < -0.39 is 5.97 Å². The van der Waals surface area contributed by atoms with Crippen molar-refractivity contribution >= 4 is 11.9 Å². The van der Waals surface area contributed by atoms with Crippen molar-refractivity contribution < 1.29 is 14.7 Å². The van der Waals surface area contributed by atoms with Crippen molar-refractivity contribution in [1.82, 2.24) is 4.90 Å². The fourth-order valence-electron chi connectivity index (χ4n) is 3.97. The molecule has 0 radical (unpaired) electrons. The third-order valence-corrected chi connectivity index (χ3v) is 5.38. The zero-order chi connectivity index (χ0) is 14.3. The second-order valence-corrected chi connectivity index (χ2v) is 7.01. The minimum absolute atomic E-state index is 0.0603. The van der Waals surface area contributed by atoms with Crippen molar-refractivity contribution in [1.29, 1.82) is 0 Å². The van der Waals surface area contributed by atoms with Crippen LogP contribution in [0.5, 0.6) is 0 Å². The highest BCUT2D eigenvalue weighted by Crippen LogP contribution is 2.47. The smallest absolute Gasteiger partial charge is 0.306 e. The molecule has 0 aromatic carbocycles. The Labute approximate surface area is 120 Å². The average Bonchev–Trinajstić information content (AvgIpc) is 3.32. The van der Waals surface area contributed by atoms with Crippen molar-refractivity contribution in [2.24, 2.45) is 23.7 Å². The maximum absolute atomic E-state index is 12.7. The summed E-state index contributed by atoms with van der Waals surface area (Å²) in [6.07, 6.45) is 8.08. The zero-order valence-electron chi connectivity index (χ0n) is 12.3. The molecule has 3 fully saturated rings. The number of hydrogen-bond acceptors (Lipinski definition) is 2. The lowest BCUT2D eigenvalue weighted by molar-refractivity contribution is -0.146. The number of carboxylic acid groups (broad SMARTS) is 1. The number of hydrogen-bond donors (Lipinski definition) is 1. The van der Waals surface area contributed by atoms with E-state index in [1.165, 1.54) is 25.7 Å². The van der Waals surface area contributed by atoms with E-state index in [1.54, 1.807) is 0 Å². The van der Waals surface area contributed by atoms with E-state index in [9.17, 15) is 9.59 Å². The molecule has 2 unspecified atom stereocenters. The van der Waals surface area contributed by atoms with Gasteiger partial charge in [0.1, 0.15) is 0 Å². The van der Waals surface area contributed by atoms with Gasteiger partial charge in [-0.05, 0) is 56.8 Å². The monoisotopic (exact) mass is 279 g/mol. The van der Waals surface area contributed by atoms with Gasteiger partial charge in [-0.25, -0.2) is 0 Å². The number of carboxylic acids is 1. The molecule has 20 heavy (non-hydrogen) atoms. The predicted molar refractivity (Wildman–Crippen MR) is 75.1 cm³/mol. The van der Waals surface area contributed by atoms with Gasteiger partial charge >= 0.3 is 5.97 Å². The number of rotatable bonds is 5. The molecule has 1 amide bonds. The van der Waals surface area contributed by atoms with Gasteiger partial charge in [-0.1, -0.05) is 6.42 Å². The van der Waals surface area contributed by atoms with E-state index >= 15 is 0 Å². The predicted octanol–water partition coefficient (Wildman–Crippen LogP) is 2.52. The summed E-state index contributed by atoms with van der Waals surface area (Å²) in [5.74, 6) is 0.540. The van der Waals surface area contributed by atoms with Crippen LogP contribution < -0.4 is 0 Å². The number of carbonyl (C=O) groups excluding carboxylic acids is 1. The molecule has 3 saturated carbocycles. The Morgan fingerprint density at radius 2 is 1.55 bits per heavy atom. The van der Waals surface area contributed by atoms with Gasteiger partial charge < -0.3 is 10.0 Å². The Bertz CT molecular complexity index is 389. The van der Waals surface area contributed by atoms with Crippen LogP contribution in [0.3, 0.4) is 0 Å². The molecular weight excluding hydrogens is 254 g/mol. The molecule has 0 bridgehead atoms. The van der Waals surface area contributed by atoms with Crippen LogP contribution >= 0.6 is 0 Å². The van der Waals surface area contributed by atoms with Gasteiger partial charge in [0, 0.05) is 19.0 Å². The lowest BCUT2D eigenvalue weighted by atomic mass is 9.80. The maximum Gasteiger partial charge on any atom is 0.306 e. The summed E-state index contributed by atoms with van der Waals surface area (Å²) in [7, 11) is 1.95. The first-order valence-electron chi connectivity index (χ1n) is 8.07. The SMILES string of the molecule is CN(C(=O)C1CCCC(C(=O)O)C1)C(C1CC1)C1CC1. The van der Waals surface area contributed by atoms with Crippen molar-refractivity contribution in [3.05, 3.63) is 0 Å². The van der Waals surface area contributed by atoms with Crippen molar-refractivity contribution in [3.63, 3.8) is 0 Å². The molecule has 3 aliphatic rings. The first-order chi connectivity index (χ1) is 9.58. The molecule has 4 heteroatoms. The quantitative estimate of drug-likeness (QED) is 0.841. The van der Waals surface area contributed by atoms with E-state index in [0.717, 1.165) is 31.1 Å². The van der Waals surface area contributed by atoms with Crippen LogP contribution in [-0.2, 0) is 9.59 Å². The molecule has 0 aliphatic heterocycles. The molecule has 3 rings (SSSR count). The van der Waals surface area contributed by atoms with E-state index in [-0.39, 0.29) is 17.7 Å². The summed E-state index contributed by atoms with van der Waals surface area (Å²) >= 11 is 0. The van der Waals surface area contributed by atoms with Gasteiger partial charge in [0.25, 0.3) is 0 Å². The third-order valence-electron chi connectivity index (χ3n) is 5.38. The molecular formula is C16H25NO3. The standard InChI is InChI=1S/C16H25NO3/c1-17(14(10-5-6-10)11-7-8-11)15(18)12-3-2-4-13(9-12)16(19)20/h10-14H,2-9H2,1H3,(H,19,20). The Morgan fingerprint density at radius 1 is 1.00 bits per heavy atom. The Balaban J connectivity index is 1.63. The van der Waals surface area contributed by atoms with E-state index in [4.69, 9.17) is 5.11 Å². The summed E-state index contributed by atoms with van der Waals surface area (Å²) in [4.78, 5) is 25.8. The highest BCUT2D eigenvalue weighted by molar-refractivity contribution is 5.80. The molecule has 0 spiro atoms. The zero-order valence-corrected chi connectivity index (χ0v) is 12.3. The third kappa shape index (κ3) is 2.84. The first-order valence-corrected chi connectivity index (χ1v) is 8.07. The fourth-order valence-corrected chi connectivity index (χ4v) is 3.97. The van der Waals surface area contributed by atoms with E-state index in [0.29, 0.717) is 12.5 Å². The summed E-state index contributed by atoms with van der Waals surface area (Å²) in [6, 6.07) is 0.438. The van der Waals surface area contributed by atoms with Crippen LogP contribution in [-0.4, -0.2) is 35.0 Å². The van der Waals surface area contributed by atoms with Crippen molar-refractivity contribution in [2.75, 3.05) is 7.05 Å². The van der Waals surface area contributed by atoms with Gasteiger partial charge in [-0.3, -0.25) is 9.59 Å². The second kappa shape index (κ2) is 5.38. The highest BCUT2D eigenvalue weighted by Gasteiger charge is 2.46. The van der Waals surface area contributed by atoms with Crippen LogP contribution in [0.15, 0.2) is 0 Å². The number of amides is 1.